The van der Waals surface area contributed by atoms with Crippen molar-refractivity contribution in [3.05, 3.63) is 44.8 Å². The molecule has 108 valence electrons. The minimum absolute atomic E-state index is 0.444. The van der Waals surface area contributed by atoms with Crippen molar-refractivity contribution in [3.8, 4) is 0 Å². The average molecular weight is 383 g/mol. The van der Waals surface area contributed by atoms with E-state index >= 15 is 0 Å². The maximum atomic E-state index is 12.5. The molecule has 0 aliphatic rings. The summed E-state index contributed by atoms with van der Waals surface area (Å²) in [5.41, 5.74) is 5.91. The molecule has 2 rings (SSSR count). The molecule has 2 nitrogen and oxygen atoms in total. The zero-order valence-electron chi connectivity index (χ0n) is 10.0. The third-order valence-corrected chi connectivity index (χ3v) is 5.14. The fraction of sp³-hybridized carbons (Fsp3) is 0.250. The van der Waals surface area contributed by atoms with Gasteiger partial charge in [0.05, 0.1) is 6.04 Å². The Morgan fingerprint density at radius 3 is 2.75 bits per heavy atom. The van der Waals surface area contributed by atoms with Crippen LogP contribution in [0, 0.1) is 0 Å². The lowest BCUT2D eigenvalue weighted by Crippen LogP contribution is -2.11. The first-order valence-corrected chi connectivity index (χ1v) is 8.12. The predicted octanol–water partition coefficient (Wildman–Crippen LogP) is 4.72. The lowest BCUT2D eigenvalue weighted by atomic mass is 10.3. The highest BCUT2D eigenvalue weighted by atomic mass is 79.9. The Hall–Kier alpha value is -0.570. The van der Waals surface area contributed by atoms with Crippen LogP contribution in [0.1, 0.15) is 15.9 Å². The molecule has 2 N–H and O–H groups in total. The number of alkyl halides is 3. The predicted molar refractivity (Wildman–Crippen MR) is 78.9 cm³/mol. The van der Waals surface area contributed by atoms with Gasteiger partial charge in [-0.1, -0.05) is 22.0 Å². The van der Waals surface area contributed by atoms with Gasteiger partial charge < -0.3 is 5.73 Å². The van der Waals surface area contributed by atoms with E-state index in [1.54, 1.807) is 0 Å². The largest absolute Gasteiger partial charge is 0.443 e. The second kappa shape index (κ2) is 6.46. The summed E-state index contributed by atoms with van der Waals surface area (Å²) in [6, 6.07) is 7.20. The van der Waals surface area contributed by atoms with Crippen molar-refractivity contribution in [2.24, 2.45) is 5.73 Å². The van der Waals surface area contributed by atoms with Gasteiger partial charge in [-0.3, -0.25) is 0 Å². The highest BCUT2D eigenvalue weighted by Gasteiger charge is 2.35. The lowest BCUT2D eigenvalue weighted by molar-refractivity contribution is -0.137. The molecule has 1 aromatic carbocycles. The Morgan fingerprint density at radius 1 is 1.40 bits per heavy atom. The molecule has 20 heavy (non-hydrogen) atoms. The Bertz CT molecular complexity index is 586. The van der Waals surface area contributed by atoms with E-state index in [0.717, 1.165) is 9.37 Å². The van der Waals surface area contributed by atoms with Crippen LogP contribution in [0.15, 0.2) is 39.8 Å². The van der Waals surface area contributed by atoms with Gasteiger partial charge in [0.25, 0.3) is 0 Å². The zero-order chi connectivity index (χ0) is 14.8. The third kappa shape index (κ3) is 4.21. The minimum Gasteiger partial charge on any atom is -0.323 e. The zero-order valence-corrected chi connectivity index (χ0v) is 13.2. The number of rotatable bonds is 4. The molecule has 0 aliphatic carbocycles. The smallest absolute Gasteiger partial charge is 0.323 e. The Morgan fingerprint density at radius 2 is 2.15 bits per heavy atom. The number of halogens is 4. The Balaban J connectivity index is 1.98. The van der Waals surface area contributed by atoms with Crippen LogP contribution in [-0.4, -0.2) is 10.7 Å². The van der Waals surface area contributed by atoms with Gasteiger partial charge in [0, 0.05) is 26.2 Å². The van der Waals surface area contributed by atoms with Crippen LogP contribution < -0.4 is 5.73 Å². The Kier molecular flexibility index (Phi) is 5.11. The summed E-state index contributed by atoms with van der Waals surface area (Å²) in [6.45, 7) is 0. The van der Waals surface area contributed by atoms with Crippen LogP contribution in [0.5, 0.6) is 0 Å². The molecule has 0 bridgehead atoms. The van der Waals surface area contributed by atoms with Crippen molar-refractivity contribution in [1.29, 1.82) is 0 Å². The number of thioether (sulfide) groups is 1. The maximum absolute atomic E-state index is 12.5. The van der Waals surface area contributed by atoms with Gasteiger partial charge in [-0.15, -0.1) is 23.1 Å². The molecule has 0 fully saturated rings. The average Bonchev–Trinajstić information content (AvgIpc) is 2.85. The summed E-state index contributed by atoms with van der Waals surface area (Å²) in [5.74, 6) is 0.496. The lowest BCUT2D eigenvalue weighted by Gasteiger charge is -2.08. The van der Waals surface area contributed by atoms with E-state index in [0.29, 0.717) is 22.0 Å². The first-order valence-electron chi connectivity index (χ1n) is 5.53. The molecule has 0 saturated carbocycles. The summed E-state index contributed by atoms with van der Waals surface area (Å²) in [7, 11) is 0. The molecule has 0 spiro atoms. The van der Waals surface area contributed by atoms with Crippen LogP contribution in [0.25, 0.3) is 0 Å². The number of benzene rings is 1. The first-order chi connectivity index (χ1) is 9.36. The number of hydrogen-bond acceptors (Lipinski definition) is 4. The third-order valence-electron chi connectivity index (χ3n) is 2.36. The van der Waals surface area contributed by atoms with Crippen molar-refractivity contribution in [2.45, 2.75) is 17.1 Å². The van der Waals surface area contributed by atoms with Gasteiger partial charge in [0.15, 0.2) is 5.01 Å². The fourth-order valence-corrected chi connectivity index (χ4v) is 3.79. The molecule has 1 atom stereocenters. The van der Waals surface area contributed by atoms with Gasteiger partial charge in [0.2, 0.25) is 0 Å². The molecule has 0 amide bonds. The number of hydrogen-bond donors (Lipinski definition) is 1. The highest BCUT2D eigenvalue weighted by Crippen LogP contribution is 2.35. The van der Waals surface area contributed by atoms with Crippen molar-refractivity contribution in [2.75, 3.05) is 5.75 Å². The molecule has 0 radical (unpaired) electrons. The van der Waals surface area contributed by atoms with Crippen LogP contribution in [0.2, 0.25) is 0 Å². The van der Waals surface area contributed by atoms with Gasteiger partial charge >= 0.3 is 6.18 Å². The van der Waals surface area contributed by atoms with E-state index in [1.807, 2.05) is 24.3 Å². The highest BCUT2D eigenvalue weighted by molar-refractivity contribution is 9.10. The van der Waals surface area contributed by atoms with Crippen LogP contribution in [-0.2, 0) is 6.18 Å². The van der Waals surface area contributed by atoms with E-state index in [-0.39, 0.29) is 0 Å². The number of thiazole rings is 1. The van der Waals surface area contributed by atoms with Crippen LogP contribution in [0.4, 0.5) is 13.2 Å². The normalized spacial score (nSPS) is 13.4. The van der Waals surface area contributed by atoms with E-state index in [4.69, 9.17) is 5.73 Å². The molecular weight excluding hydrogens is 373 g/mol. The topological polar surface area (TPSA) is 38.9 Å². The van der Waals surface area contributed by atoms with Crippen molar-refractivity contribution >= 4 is 39.0 Å². The van der Waals surface area contributed by atoms with Gasteiger partial charge in [0.1, 0.15) is 0 Å². The molecule has 1 heterocycles. The molecule has 1 unspecified atom stereocenters. The summed E-state index contributed by atoms with van der Waals surface area (Å²) >= 11 is 5.46. The summed E-state index contributed by atoms with van der Waals surface area (Å²) in [4.78, 5) is 4.83. The number of nitrogens with zero attached hydrogens (tertiary/aromatic N) is 1. The van der Waals surface area contributed by atoms with Crippen molar-refractivity contribution in [1.82, 2.24) is 4.98 Å². The van der Waals surface area contributed by atoms with E-state index in [1.165, 1.54) is 18.0 Å². The van der Waals surface area contributed by atoms with Crippen molar-refractivity contribution in [3.63, 3.8) is 0 Å². The van der Waals surface area contributed by atoms with Gasteiger partial charge in [-0.25, -0.2) is 4.98 Å². The minimum atomic E-state index is -4.40. The molecule has 0 saturated heterocycles. The maximum Gasteiger partial charge on any atom is 0.443 e. The molecule has 1 aromatic heterocycles. The van der Waals surface area contributed by atoms with Gasteiger partial charge in [-0.05, 0) is 18.2 Å². The summed E-state index contributed by atoms with van der Waals surface area (Å²) in [5, 5.41) is -0.851. The van der Waals surface area contributed by atoms with E-state index in [9.17, 15) is 13.2 Å². The SMILES string of the molecule is NC(CSc1cccc(Br)c1)c1cnc(C(F)(F)F)s1. The number of nitrogens with two attached hydrogens (primary N) is 1. The monoisotopic (exact) mass is 382 g/mol. The molecular formula is C12H10BrF3N2S2. The van der Waals surface area contributed by atoms with Gasteiger partial charge in [-0.2, -0.15) is 13.2 Å². The molecule has 8 heteroatoms. The van der Waals surface area contributed by atoms with Crippen LogP contribution >= 0.6 is 39.0 Å². The quantitative estimate of drug-likeness (QED) is 0.777. The standard InChI is InChI=1S/C12H10BrF3N2S2/c13-7-2-1-3-8(4-7)19-6-9(17)10-5-18-11(20-10)12(14,15)16/h1-5,9H,6,17H2. The second-order valence-electron chi connectivity index (χ2n) is 3.94. The first kappa shape index (κ1) is 15.8. The Labute approximate surface area is 130 Å². The fourth-order valence-electron chi connectivity index (χ4n) is 1.41. The summed E-state index contributed by atoms with van der Waals surface area (Å²) < 4.78 is 38.3. The molecule has 2 aromatic rings. The summed E-state index contributed by atoms with van der Waals surface area (Å²) in [6.07, 6.45) is -3.19. The van der Waals surface area contributed by atoms with E-state index < -0.39 is 17.2 Å². The van der Waals surface area contributed by atoms with Crippen LogP contribution in [0.3, 0.4) is 0 Å². The van der Waals surface area contributed by atoms with E-state index in [2.05, 4.69) is 20.9 Å². The van der Waals surface area contributed by atoms with Crippen molar-refractivity contribution < 1.29 is 13.2 Å². The molecule has 0 aliphatic heterocycles. The second-order valence-corrected chi connectivity index (χ2v) is 7.01. The number of aromatic nitrogens is 1.